The molecule has 2 aromatic rings. The second-order valence-electron chi connectivity index (χ2n) is 4.42. The molecule has 0 aliphatic rings. The van der Waals surface area contributed by atoms with Crippen LogP contribution in [0, 0.1) is 10.1 Å². The minimum Gasteiger partial charge on any atom is -0.385 e. The molecule has 110 valence electrons. The van der Waals surface area contributed by atoms with Gasteiger partial charge in [0, 0.05) is 36.1 Å². The molecule has 2 rings (SSSR count). The molecule has 0 radical (unpaired) electrons. The van der Waals surface area contributed by atoms with Crippen LogP contribution in [0.25, 0.3) is 0 Å². The number of rotatable bonds is 5. The summed E-state index contributed by atoms with van der Waals surface area (Å²) in [6, 6.07) is 8.02. The van der Waals surface area contributed by atoms with Crippen molar-refractivity contribution in [2.24, 2.45) is 0 Å². The number of anilines is 1. The van der Waals surface area contributed by atoms with Crippen molar-refractivity contribution in [2.75, 3.05) is 11.9 Å². The first-order valence-electron chi connectivity index (χ1n) is 6.39. The maximum Gasteiger partial charge on any atom is 0.269 e. The van der Waals surface area contributed by atoms with Gasteiger partial charge < -0.3 is 9.88 Å². The van der Waals surface area contributed by atoms with E-state index in [0.717, 1.165) is 5.69 Å². The topological polar surface area (TPSA) is 77.2 Å². The van der Waals surface area contributed by atoms with Gasteiger partial charge in [0.2, 0.25) is 0 Å². The lowest BCUT2D eigenvalue weighted by molar-refractivity contribution is -0.384. The predicted octanol–water partition coefficient (Wildman–Crippen LogP) is 3.00. The fourth-order valence-corrected chi connectivity index (χ4v) is 2.38. The number of benzene rings is 1. The summed E-state index contributed by atoms with van der Waals surface area (Å²) in [5.41, 5.74) is 1.32. The summed E-state index contributed by atoms with van der Waals surface area (Å²) in [5, 5.41) is 14.1. The number of nitrogens with one attached hydrogen (secondary N) is 1. The van der Waals surface area contributed by atoms with Gasteiger partial charge in [0.25, 0.3) is 11.2 Å². The first-order valence-corrected chi connectivity index (χ1v) is 7.18. The molecule has 21 heavy (non-hydrogen) atoms. The molecule has 6 nitrogen and oxygen atoms in total. The van der Waals surface area contributed by atoms with Crippen LogP contribution in [0.1, 0.15) is 12.5 Å². The lowest BCUT2D eigenvalue weighted by Crippen LogP contribution is -2.20. The zero-order chi connectivity index (χ0) is 15.4. The minimum absolute atomic E-state index is 0.00898. The number of nitro benzene ring substituents is 1. The normalized spacial score (nSPS) is 10.4. The van der Waals surface area contributed by atoms with Gasteiger partial charge in [-0.15, -0.1) is 0 Å². The maximum atomic E-state index is 12.0. The van der Waals surface area contributed by atoms with E-state index in [-0.39, 0.29) is 17.8 Å². The summed E-state index contributed by atoms with van der Waals surface area (Å²) in [6.07, 6.45) is 1.65. The van der Waals surface area contributed by atoms with Crippen molar-refractivity contribution >= 4 is 27.3 Å². The molecule has 1 heterocycles. The molecule has 0 amide bonds. The first-order chi connectivity index (χ1) is 10.0. The summed E-state index contributed by atoms with van der Waals surface area (Å²) in [5.74, 6) is 0. The van der Waals surface area contributed by atoms with Crippen LogP contribution in [0.15, 0.2) is 45.8 Å². The first kappa shape index (κ1) is 15.2. The third-order valence-electron chi connectivity index (χ3n) is 2.98. The molecule has 1 N–H and O–H groups in total. The van der Waals surface area contributed by atoms with E-state index >= 15 is 0 Å². The molecular formula is C14H14BrN3O3. The average Bonchev–Trinajstić information content (AvgIpc) is 2.45. The largest absolute Gasteiger partial charge is 0.385 e. The standard InChI is InChI=1S/C14H14BrN3O3/c1-2-16-13-6-5-11(18(20)21)8-10(13)9-17-7-3-4-12(15)14(17)19/h3-8,16H,2,9H2,1H3. The van der Waals surface area contributed by atoms with Gasteiger partial charge in [-0.25, -0.2) is 0 Å². The monoisotopic (exact) mass is 351 g/mol. The van der Waals surface area contributed by atoms with Crippen LogP contribution in [0.3, 0.4) is 0 Å². The fourth-order valence-electron chi connectivity index (χ4n) is 2.00. The molecule has 0 saturated carbocycles. The van der Waals surface area contributed by atoms with Crippen molar-refractivity contribution in [3.05, 3.63) is 67.0 Å². The number of nitrogens with zero attached hydrogens (tertiary/aromatic N) is 2. The quantitative estimate of drug-likeness (QED) is 0.663. The third-order valence-corrected chi connectivity index (χ3v) is 3.58. The molecule has 0 aliphatic carbocycles. The Morgan fingerprint density at radius 2 is 2.14 bits per heavy atom. The highest BCUT2D eigenvalue weighted by Gasteiger charge is 2.12. The van der Waals surface area contributed by atoms with E-state index in [1.165, 1.54) is 16.7 Å². The highest BCUT2D eigenvalue weighted by molar-refractivity contribution is 9.10. The van der Waals surface area contributed by atoms with Gasteiger partial charge in [-0.3, -0.25) is 14.9 Å². The van der Waals surface area contributed by atoms with E-state index in [1.807, 2.05) is 6.92 Å². The minimum atomic E-state index is -0.442. The highest BCUT2D eigenvalue weighted by Crippen LogP contribution is 2.23. The van der Waals surface area contributed by atoms with Crippen molar-refractivity contribution in [1.82, 2.24) is 4.57 Å². The molecular weight excluding hydrogens is 338 g/mol. The zero-order valence-electron chi connectivity index (χ0n) is 11.4. The number of nitro groups is 1. The number of hydrogen-bond acceptors (Lipinski definition) is 4. The third kappa shape index (κ3) is 3.49. The molecule has 0 spiro atoms. The Morgan fingerprint density at radius 3 is 2.81 bits per heavy atom. The maximum absolute atomic E-state index is 12.0. The number of non-ortho nitro benzene ring substituents is 1. The SMILES string of the molecule is CCNc1ccc([N+](=O)[O-])cc1Cn1cccc(Br)c1=O. The molecule has 0 atom stereocenters. The van der Waals surface area contributed by atoms with Gasteiger partial charge in [-0.1, -0.05) is 0 Å². The van der Waals surface area contributed by atoms with E-state index in [4.69, 9.17) is 0 Å². The second kappa shape index (κ2) is 6.53. The van der Waals surface area contributed by atoms with Gasteiger partial charge >= 0.3 is 0 Å². The Kier molecular flexibility index (Phi) is 4.74. The van der Waals surface area contributed by atoms with Gasteiger partial charge in [0.05, 0.1) is 15.9 Å². The van der Waals surface area contributed by atoms with Crippen LogP contribution in [0.2, 0.25) is 0 Å². The number of hydrogen-bond donors (Lipinski definition) is 1. The Bertz CT molecular complexity index is 728. The van der Waals surface area contributed by atoms with Crippen molar-refractivity contribution in [2.45, 2.75) is 13.5 Å². The Balaban J connectivity index is 2.45. The molecule has 1 aromatic heterocycles. The summed E-state index contributed by atoms with van der Waals surface area (Å²) in [4.78, 5) is 22.5. The molecule has 0 saturated heterocycles. The van der Waals surface area contributed by atoms with Crippen LogP contribution in [-0.2, 0) is 6.54 Å². The van der Waals surface area contributed by atoms with E-state index in [0.29, 0.717) is 16.6 Å². The lowest BCUT2D eigenvalue weighted by Gasteiger charge is -2.12. The zero-order valence-corrected chi connectivity index (χ0v) is 13.0. The van der Waals surface area contributed by atoms with E-state index in [1.54, 1.807) is 24.4 Å². The number of halogens is 1. The van der Waals surface area contributed by atoms with Crippen LogP contribution in [0.5, 0.6) is 0 Å². The Hall–Kier alpha value is -2.15. The Labute approximate surface area is 129 Å². The highest BCUT2D eigenvalue weighted by atomic mass is 79.9. The molecule has 1 aromatic carbocycles. The molecule has 0 fully saturated rings. The summed E-state index contributed by atoms with van der Waals surface area (Å²) >= 11 is 3.19. The molecule has 0 unspecified atom stereocenters. The van der Waals surface area contributed by atoms with Crippen molar-refractivity contribution < 1.29 is 4.92 Å². The fraction of sp³-hybridized carbons (Fsp3) is 0.214. The van der Waals surface area contributed by atoms with Crippen LogP contribution < -0.4 is 10.9 Å². The second-order valence-corrected chi connectivity index (χ2v) is 5.27. The number of pyridine rings is 1. The van der Waals surface area contributed by atoms with Crippen LogP contribution in [-0.4, -0.2) is 16.0 Å². The molecule has 7 heteroatoms. The molecule has 0 aliphatic heterocycles. The van der Waals surface area contributed by atoms with Crippen LogP contribution >= 0.6 is 15.9 Å². The smallest absolute Gasteiger partial charge is 0.269 e. The van der Waals surface area contributed by atoms with Gasteiger partial charge in [0.15, 0.2) is 0 Å². The lowest BCUT2D eigenvalue weighted by atomic mass is 10.1. The Morgan fingerprint density at radius 1 is 1.38 bits per heavy atom. The van der Waals surface area contributed by atoms with Crippen molar-refractivity contribution in [3.8, 4) is 0 Å². The van der Waals surface area contributed by atoms with Gasteiger partial charge in [-0.2, -0.15) is 0 Å². The van der Waals surface area contributed by atoms with Gasteiger partial charge in [0.1, 0.15) is 0 Å². The molecule has 0 bridgehead atoms. The van der Waals surface area contributed by atoms with Crippen LogP contribution in [0.4, 0.5) is 11.4 Å². The van der Waals surface area contributed by atoms with Crippen molar-refractivity contribution in [1.29, 1.82) is 0 Å². The summed E-state index contributed by atoms with van der Waals surface area (Å²) in [6.45, 7) is 2.90. The van der Waals surface area contributed by atoms with E-state index < -0.39 is 4.92 Å². The van der Waals surface area contributed by atoms with E-state index in [2.05, 4.69) is 21.2 Å². The van der Waals surface area contributed by atoms with Crippen molar-refractivity contribution in [3.63, 3.8) is 0 Å². The van der Waals surface area contributed by atoms with Gasteiger partial charge in [-0.05, 0) is 41.1 Å². The average molecular weight is 352 g/mol. The van der Waals surface area contributed by atoms with E-state index in [9.17, 15) is 14.9 Å². The summed E-state index contributed by atoms with van der Waals surface area (Å²) in [7, 11) is 0. The summed E-state index contributed by atoms with van der Waals surface area (Å²) < 4.78 is 1.96. The number of aromatic nitrogens is 1. The predicted molar refractivity (Wildman–Crippen MR) is 84.8 cm³/mol.